The molecule has 5 rings (SSSR count). The Morgan fingerprint density at radius 1 is 0.878 bits per heavy atom. The Morgan fingerprint density at radius 2 is 1.61 bits per heavy atom. The van der Waals surface area contributed by atoms with Crippen LogP contribution in [0.3, 0.4) is 0 Å². The van der Waals surface area contributed by atoms with Crippen LogP contribution in [0.25, 0.3) is 10.9 Å². The monoisotopic (exact) mass is 581 g/mol. The Balaban J connectivity index is 1.33. The van der Waals surface area contributed by atoms with Gasteiger partial charge in [-0.1, -0.05) is 30.2 Å². The van der Waals surface area contributed by atoms with Crippen molar-refractivity contribution in [3.8, 4) is 0 Å². The summed E-state index contributed by atoms with van der Waals surface area (Å²) in [5.74, 6) is -0.0725. The topological polar surface area (TPSA) is 69.3 Å². The van der Waals surface area contributed by atoms with Crippen LogP contribution in [0.2, 0.25) is 5.02 Å². The summed E-state index contributed by atoms with van der Waals surface area (Å²) in [6.07, 6.45) is 0.752. The highest BCUT2D eigenvalue weighted by Crippen LogP contribution is 2.30. The Labute approximate surface area is 241 Å². The van der Waals surface area contributed by atoms with Gasteiger partial charge in [0.1, 0.15) is 0 Å². The van der Waals surface area contributed by atoms with Crippen molar-refractivity contribution in [2.45, 2.75) is 38.5 Å². The number of fused-ring (bicyclic) bond motifs is 1. The molecule has 1 aliphatic rings. The highest BCUT2D eigenvalue weighted by molar-refractivity contribution is 6.31. The fourth-order valence-corrected chi connectivity index (χ4v) is 5.17. The molecule has 10 heteroatoms. The molecule has 3 aromatic carbocycles. The molecule has 214 valence electrons. The normalized spacial score (nSPS) is 14.2. The van der Waals surface area contributed by atoms with Gasteiger partial charge in [0, 0.05) is 46.8 Å². The first kappa shape index (κ1) is 28.9. The van der Waals surface area contributed by atoms with Crippen LogP contribution in [0, 0.1) is 0 Å². The van der Waals surface area contributed by atoms with Crippen molar-refractivity contribution in [1.82, 2.24) is 15.2 Å². The molecule has 2 heterocycles. The van der Waals surface area contributed by atoms with Crippen molar-refractivity contribution in [2.75, 3.05) is 30.3 Å². The molecule has 0 aliphatic carbocycles. The van der Waals surface area contributed by atoms with Gasteiger partial charge in [0.15, 0.2) is 0 Å². The number of anilines is 3. The molecular weight excluding hydrogens is 551 g/mol. The minimum Gasteiger partial charge on any atom is -0.355 e. The van der Waals surface area contributed by atoms with E-state index in [9.17, 15) is 18.0 Å². The average Bonchev–Trinajstić information content (AvgIpc) is 2.93. The molecule has 0 atom stereocenters. The second-order valence-corrected chi connectivity index (χ2v) is 10.7. The van der Waals surface area contributed by atoms with Gasteiger partial charge in [0.05, 0.1) is 17.6 Å². The van der Waals surface area contributed by atoms with Crippen LogP contribution in [-0.2, 0) is 24.1 Å². The molecule has 4 aromatic rings. The molecule has 0 spiro atoms. The summed E-state index contributed by atoms with van der Waals surface area (Å²) in [4.78, 5) is 19.4. The maximum absolute atomic E-state index is 12.9. The fourth-order valence-electron chi connectivity index (χ4n) is 5.01. The van der Waals surface area contributed by atoms with E-state index in [1.165, 1.54) is 18.6 Å². The first-order chi connectivity index (χ1) is 19.7. The van der Waals surface area contributed by atoms with E-state index in [0.717, 1.165) is 71.5 Å². The zero-order valence-electron chi connectivity index (χ0n) is 22.4. The van der Waals surface area contributed by atoms with Crippen LogP contribution in [0.1, 0.15) is 36.0 Å². The number of hydrogen-bond acceptors (Lipinski definition) is 5. The SMILES string of the molecule is O=C(CN1CCCCC1)Nc1cc(CNCc2ccc(C(F)(F)F)cc2)cc(Nc2ccnc3cc(Cl)ccc23)c1. The molecule has 1 saturated heterocycles. The number of halogens is 4. The lowest BCUT2D eigenvalue weighted by Crippen LogP contribution is -2.36. The molecular formula is C31H31ClF3N5O. The number of benzene rings is 3. The van der Waals surface area contributed by atoms with Crippen molar-refractivity contribution < 1.29 is 18.0 Å². The maximum atomic E-state index is 12.9. The Morgan fingerprint density at radius 3 is 2.37 bits per heavy atom. The zero-order chi connectivity index (χ0) is 28.8. The van der Waals surface area contributed by atoms with Gasteiger partial charge >= 0.3 is 6.18 Å². The van der Waals surface area contributed by atoms with Crippen LogP contribution >= 0.6 is 11.6 Å². The van der Waals surface area contributed by atoms with E-state index in [0.29, 0.717) is 30.3 Å². The number of aromatic nitrogens is 1. The Hall–Kier alpha value is -3.66. The molecule has 0 radical (unpaired) electrons. The highest BCUT2D eigenvalue weighted by Gasteiger charge is 2.29. The van der Waals surface area contributed by atoms with Gasteiger partial charge in [-0.15, -0.1) is 0 Å². The number of piperidine rings is 1. The first-order valence-electron chi connectivity index (χ1n) is 13.6. The number of hydrogen-bond donors (Lipinski definition) is 3. The predicted octanol–water partition coefficient (Wildman–Crippen LogP) is 7.36. The van der Waals surface area contributed by atoms with Gasteiger partial charge in [-0.05, 0) is 91.7 Å². The van der Waals surface area contributed by atoms with E-state index in [-0.39, 0.29) is 5.91 Å². The summed E-state index contributed by atoms with van der Waals surface area (Å²) in [7, 11) is 0. The minimum absolute atomic E-state index is 0.0725. The zero-order valence-corrected chi connectivity index (χ0v) is 23.2. The Bertz CT molecular complexity index is 1500. The fraction of sp³-hybridized carbons (Fsp3) is 0.290. The number of nitrogens with one attached hydrogen (secondary N) is 3. The van der Waals surface area contributed by atoms with Crippen molar-refractivity contribution in [3.63, 3.8) is 0 Å². The third kappa shape index (κ3) is 7.97. The summed E-state index contributed by atoms with van der Waals surface area (Å²) in [5.41, 5.74) is 4.00. The van der Waals surface area contributed by atoms with E-state index in [2.05, 4.69) is 25.8 Å². The standard InChI is InChI=1S/C31H31ClF3N5O/c32-24-8-9-27-28(10-11-37-29(27)16-24)38-25-14-22(19-36-18-21-4-6-23(7-5-21)31(33,34)35)15-26(17-25)39-30(41)20-40-12-2-1-3-13-40/h4-11,14-17,36H,1-3,12-13,18-20H2,(H,37,38)(H,39,41). The van der Waals surface area contributed by atoms with Crippen LogP contribution in [0.4, 0.5) is 30.2 Å². The summed E-state index contributed by atoms with van der Waals surface area (Å²) in [5, 5.41) is 11.3. The van der Waals surface area contributed by atoms with E-state index in [1.54, 1.807) is 12.3 Å². The summed E-state index contributed by atoms with van der Waals surface area (Å²) in [6.45, 7) is 3.02. The van der Waals surface area contributed by atoms with Gasteiger partial charge in [-0.2, -0.15) is 13.2 Å². The van der Waals surface area contributed by atoms with Crippen LogP contribution in [-0.4, -0.2) is 35.4 Å². The predicted molar refractivity (Wildman–Crippen MR) is 157 cm³/mol. The van der Waals surface area contributed by atoms with Crippen molar-refractivity contribution >= 4 is 45.5 Å². The number of alkyl halides is 3. The second kappa shape index (κ2) is 12.9. The Kier molecular flexibility index (Phi) is 9.07. The average molecular weight is 582 g/mol. The smallest absolute Gasteiger partial charge is 0.355 e. The number of carbonyl (C=O) groups excluding carboxylic acids is 1. The summed E-state index contributed by atoms with van der Waals surface area (Å²) < 4.78 is 38.7. The van der Waals surface area contributed by atoms with Crippen LogP contribution < -0.4 is 16.0 Å². The van der Waals surface area contributed by atoms with E-state index in [1.807, 2.05) is 36.4 Å². The number of pyridine rings is 1. The molecule has 3 N–H and O–H groups in total. The van der Waals surface area contributed by atoms with Gasteiger partial charge in [0.2, 0.25) is 5.91 Å². The van der Waals surface area contributed by atoms with Gasteiger partial charge in [-0.3, -0.25) is 14.7 Å². The number of nitrogens with zero attached hydrogens (tertiary/aromatic N) is 2. The third-order valence-electron chi connectivity index (χ3n) is 7.02. The molecule has 0 unspecified atom stereocenters. The lowest BCUT2D eigenvalue weighted by atomic mass is 10.1. The van der Waals surface area contributed by atoms with Crippen molar-refractivity contribution in [3.05, 3.63) is 94.6 Å². The number of amides is 1. The molecule has 41 heavy (non-hydrogen) atoms. The van der Waals surface area contributed by atoms with Gasteiger partial charge in [-0.25, -0.2) is 0 Å². The largest absolute Gasteiger partial charge is 0.416 e. The van der Waals surface area contributed by atoms with Crippen LogP contribution in [0.15, 0.2) is 72.9 Å². The highest BCUT2D eigenvalue weighted by atomic mass is 35.5. The summed E-state index contributed by atoms with van der Waals surface area (Å²) >= 11 is 6.15. The number of likely N-dealkylation sites (tertiary alicyclic amines) is 1. The lowest BCUT2D eigenvalue weighted by Gasteiger charge is -2.25. The molecule has 6 nitrogen and oxygen atoms in total. The quantitative estimate of drug-likeness (QED) is 0.193. The summed E-state index contributed by atoms with van der Waals surface area (Å²) in [6, 6.07) is 18.3. The van der Waals surface area contributed by atoms with Crippen molar-refractivity contribution in [1.29, 1.82) is 0 Å². The van der Waals surface area contributed by atoms with Gasteiger partial charge < -0.3 is 16.0 Å². The van der Waals surface area contributed by atoms with E-state index >= 15 is 0 Å². The van der Waals surface area contributed by atoms with Gasteiger partial charge in [0.25, 0.3) is 0 Å². The lowest BCUT2D eigenvalue weighted by molar-refractivity contribution is -0.137. The number of carbonyl (C=O) groups is 1. The van der Waals surface area contributed by atoms with E-state index < -0.39 is 11.7 Å². The maximum Gasteiger partial charge on any atom is 0.416 e. The minimum atomic E-state index is -4.36. The number of rotatable bonds is 9. The molecule has 1 amide bonds. The molecule has 1 fully saturated rings. The second-order valence-electron chi connectivity index (χ2n) is 10.2. The molecule has 1 aromatic heterocycles. The van der Waals surface area contributed by atoms with Crippen molar-refractivity contribution in [2.24, 2.45) is 0 Å². The van der Waals surface area contributed by atoms with E-state index in [4.69, 9.17) is 11.6 Å². The molecule has 0 bridgehead atoms. The molecule has 1 aliphatic heterocycles. The molecule has 0 saturated carbocycles. The third-order valence-corrected chi connectivity index (χ3v) is 7.25. The van der Waals surface area contributed by atoms with Crippen LogP contribution in [0.5, 0.6) is 0 Å². The first-order valence-corrected chi connectivity index (χ1v) is 13.9.